The minimum absolute atomic E-state index is 0.113. The molecule has 0 atom stereocenters. The third-order valence-corrected chi connectivity index (χ3v) is 6.04. The molecular weight excluding hydrogens is 390 g/mol. The molecule has 4 rings (SSSR count). The van der Waals surface area contributed by atoms with Crippen molar-refractivity contribution >= 4 is 39.6 Å². The van der Waals surface area contributed by atoms with E-state index in [1.807, 2.05) is 54.6 Å². The molecule has 4 nitrogen and oxygen atoms in total. The fourth-order valence-electron chi connectivity index (χ4n) is 2.92. The number of benzene rings is 2. The Balaban J connectivity index is 1.65. The second-order valence-electron chi connectivity index (χ2n) is 6.03. The zero-order chi connectivity index (χ0) is 19.5. The van der Waals surface area contributed by atoms with Gasteiger partial charge in [-0.1, -0.05) is 60.7 Å². The third kappa shape index (κ3) is 3.60. The summed E-state index contributed by atoms with van der Waals surface area (Å²) in [7, 11) is 0. The summed E-state index contributed by atoms with van der Waals surface area (Å²) in [4.78, 5) is 24.7. The van der Waals surface area contributed by atoms with E-state index < -0.39 is 5.97 Å². The van der Waals surface area contributed by atoms with Gasteiger partial charge in [-0.2, -0.15) is 0 Å². The van der Waals surface area contributed by atoms with Crippen LogP contribution in [0.4, 0.5) is 5.00 Å². The largest absolute Gasteiger partial charge is 0.478 e. The maximum Gasteiger partial charge on any atom is 0.339 e. The monoisotopic (exact) mass is 405 g/mol. The van der Waals surface area contributed by atoms with Crippen molar-refractivity contribution in [3.63, 3.8) is 0 Å². The van der Waals surface area contributed by atoms with Crippen LogP contribution in [-0.2, 0) is 0 Å². The van der Waals surface area contributed by atoms with Crippen molar-refractivity contribution in [2.45, 2.75) is 0 Å². The van der Waals surface area contributed by atoms with E-state index in [1.54, 1.807) is 22.9 Å². The van der Waals surface area contributed by atoms with Crippen molar-refractivity contribution in [1.82, 2.24) is 0 Å². The van der Waals surface area contributed by atoms with Crippen molar-refractivity contribution in [3.05, 3.63) is 87.9 Å². The lowest BCUT2D eigenvalue weighted by atomic mass is 9.99. The van der Waals surface area contributed by atoms with Gasteiger partial charge in [0.15, 0.2) is 0 Å². The molecule has 2 aromatic heterocycles. The van der Waals surface area contributed by atoms with E-state index in [2.05, 4.69) is 5.32 Å². The van der Waals surface area contributed by atoms with Crippen LogP contribution in [0.2, 0.25) is 0 Å². The summed E-state index contributed by atoms with van der Waals surface area (Å²) in [5, 5.41) is 16.4. The van der Waals surface area contributed by atoms with Crippen LogP contribution in [0.5, 0.6) is 0 Å². The van der Waals surface area contributed by atoms with Crippen LogP contribution in [0, 0.1) is 0 Å². The Morgan fingerprint density at radius 2 is 1.46 bits per heavy atom. The fourth-order valence-corrected chi connectivity index (χ4v) is 4.50. The van der Waals surface area contributed by atoms with Gasteiger partial charge in [0.2, 0.25) is 0 Å². The summed E-state index contributed by atoms with van der Waals surface area (Å²) in [6.45, 7) is 0. The zero-order valence-electron chi connectivity index (χ0n) is 14.6. The van der Waals surface area contributed by atoms with E-state index in [4.69, 9.17) is 0 Å². The molecular formula is C22H15NO3S2. The molecule has 1 amide bonds. The number of carboxylic acids is 1. The SMILES string of the molecule is O=C(Nc1scc(-c2ccc(-c3ccccc3)cc2)c1C(=O)O)c1cccs1. The first-order chi connectivity index (χ1) is 13.6. The lowest BCUT2D eigenvalue weighted by Gasteiger charge is -2.06. The topological polar surface area (TPSA) is 66.4 Å². The highest BCUT2D eigenvalue weighted by Crippen LogP contribution is 2.36. The molecule has 0 saturated heterocycles. The summed E-state index contributed by atoms with van der Waals surface area (Å²) >= 11 is 2.53. The van der Waals surface area contributed by atoms with Crippen LogP contribution in [0.25, 0.3) is 22.3 Å². The second kappa shape index (κ2) is 7.80. The van der Waals surface area contributed by atoms with Crippen molar-refractivity contribution < 1.29 is 14.7 Å². The minimum atomic E-state index is -1.06. The zero-order valence-corrected chi connectivity index (χ0v) is 16.2. The predicted molar refractivity (Wildman–Crippen MR) is 114 cm³/mol. The number of carbonyl (C=O) groups excluding carboxylic acids is 1. The van der Waals surface area contributed by atoms with Crippen LogP contribution >= 0.6 is 22.7 Å². The van der Waals surface area contributed by atoms with Gasteiger partial charge in [0.05, 0.1) is 4.88 Å². The van der Waals surface area contributed by atoms with E-state index in [0.29, 0.717) is 15.4 Å². The van der Waals surface area contributed by atoms with Gasteiger partial charge in [-0.25, -0.2) is 4.79 Å². The van der Waals surface area contributed by atoms with Gasteiger partial charge in [-0.3, -0.25) is 4.79 Å². The molecule has 0 saturated carbocycles. The van der Waals surface area contributed by atoms with Gasteiger partial charge in [0, 0.05) is 10.9 Å². The first kappa shape index (κ1) is 18.2. The summed E-state index contributed by atoms with van der Waals surface area (Å²) in [5.41, 5.74) is 3.66. The maximum absolute atomic E-state index is 12.3. The number of carbonyl (C=O) groups is 2. The molecule has 0 radical (unpaired) electrons. The first-order valence-electron chi connectivity index (χ1n) is 8.49. The highest BCUT2D eigenvalue weighted by Gasteiger charge is 2.21. The molecule has 0 aliphatic rings. The first-order valence-corrected chi connectivity index (χ1v) is 10.2. The van der Waals surface area contributed by atoms with Crippen molar-refractivity contribution in [3.8, 4) is 22.3 Å². The molecule has 138 valence electrons. The van der Waals surface area contributed by atoms with Crippen LogP contribution in [-0.4, -0.2) is 17.0 Å². The molecule has 2 aromatic carbocycles. The Morgan fingerprint density at radius 1 is 0.786 bits per heavy atom. The average molecular weight is 406 g/mol. The number of nitrogens with one attached hydrogen (secondary N) is 1. The number of thiophene rings is 2. The minimum Gasteiger partial charge on any atom is -0.478 e. The molecule has 0 spiro atoms. The van der Waals surface area contributed by atoms with Crippen LogP contribution in [0.3, 0.4) is 0 Å². The van der Waals surface area contributed by atoms with Gasteiger partial charge in [-0.05, 0) is 28.1 Å². The second-order valence-corrected chi connectivity index (χ2v) is 7.86. The van der Waals surface area contributed by atoms with Crippen LogP contribution in [0.15, 0.2) is 77.5 Å². The summed E-state index contributed by atoms with van der Waals surface area (Å²) in [6.07, 6.45) is 0. The summed E-state index contributed by atoms with van der Waals surface area (Å²) in [6, 6.07) is 21.2. The fraction of sp³-hybridized carbons (Fsp3) is 0. The highest BCUT2D eigenvalue weighted by atomic mass is 32.1. The molecule has 2 N–H and O–H groups in total. The Hall–Kier alpha value is -3.22. The Morgan fingerprint density at radius 3 is 2.11 bits per heavy atom. The molecule has 4 aromatic rings. The molecule has 0 aliphatic heterocycles. The lowest BCUT2D eigenvalue weighted by molar-refractivity contribution is 0.0699. The average Bonchev–Trinajstić information content (AvgIpc) is 3.39. The lowest BCUT2D eigenvalue weighted by Crippen LogP contribution is -2.12. The van der Waals surface area contributed by atoms with E-state index in [-0.39, 0.29) is 11.5 Å². The van der Waals surface area contributed by atoms with Crippen LogP contribution in [0.1, 0.15) is 20.0 Å². The Bertz CT molecular complexity index is 1110. The molecule has 0 unspecified atom stereocenters. The Kier molecular flexibility index (Phi) is 5.06. The molecule has 0 fully saturated rings. The quantitative estimate of drug-likeness (QED) is 0.422. The number of rotatable bonds is 5. The molecule has 28 heavy (non-hydrogen) atoms. The maximum atomic E-state index is 12.3. The van der Waals surface area contributed by atoms with Crippen molar-refractivity contribution in [2.75, 3.05) is 5.32 Å². The molecule has 0 aliphatic carbocycles. The standard InChI is InChI=1S/C22H15NO3S2/c24-20(18-7-4-12-27-18)23-21-19(22(25)26)17(13-28-21)16-10-8-15(9-11-16)14-5-2-1-3-6-14/h1-13H,(H,23,24)(H,25,26). The number of carboxylic acid groups (broad SMARTS) is 1. The normalized spacial score (nSPS) is 10.6. The van der Waals surface area contributed by atoms with Crippen molar-refractivity contribution in [1.29, 1.82) is 0 Å². The van der Waals surface area contributed by atoms with Gasteiger partial charge in [0.25, 0.3) is 5.91 Å². The van der Waals surface area contributed by atoms with Gasteiger partial charge < -0.3 is 10.4 Å². The molecule has 0 bridgehead atoms. The van der Waals surface area contributed by atoms with Crippen molar-refractivity contribution in [2.24, 2.45) is 0 Å². The number of hydrogen-bond donors (Lipinski definition) is 2. The Labute approximate surface area is 169 Å². The van der Waals surface area contributed by atoms with E-state index >= 15 is 0 Å². The number of amides is 1. The smallest absolute Gasteiger partial charge is 0.339 e. The molecule has 2 heterocycles. The summed E-state index contributed by atoms with van der Waals surface area (Å²) < 4.78 is 0. The summed E-state index contributed by atoms with van der Waals surface area (Å²) in [5.74, 6) is -1.37. The van der Waals surface area contributed by atoms with Gasteiger partial charge in [0.1, 0.15) is 10.6 Å². The van der Waals surface area contributed by atoms with Crippen LogP contribution < -0.4 is 5.32 Å². The third-order valence-electron chi connectivity index (χ3n) is 4.28. The van der Waals surface area contributed by atoms with Gasteiger partial charge >= 0.3 is 5.97 Å². The number of hydrogen-bond acceptors (Lipinski definition) is 4. The molecule has 6 heteroatoms. The predicted octanol–water partition coefficient (Wildman–Crippen LogP) is 6.09. The van der Waals surface area contributed by atoms with E-state index in [9.17, 15) is 14.7 Å². The number of anilines is 1. The van der Waals surface area contributed by atoms with E-state index in [0.717, 1.165) is 16.7 Å². The van der Waals surface area contributed by atoms with Gasteiger partial charge in [-0.15, -0.1) is 22.7 Å². The van der Waals surface area contributed by atoms with E-state index in [1.165, 1.54) is 22.7 Å². The number of aromatic carboxylic acids is 1. The highest BCUT2D eigenvalue weighted by molar-refractivity contribution is 7.15.